The van der Waals surface area contributed by atoms with Crippen LogP contribution in [0.5, 0.6) is 5.75 Å². The van der Waals surface area contributed by atoms with Crippen molar-refractivity contribution in [1.82, 2.24) is 10.6 Å². The molecular formula is C16H24N2O2. The molecule has 0 atom stereocenters. The summed E-state index contributed by atoms with van der Waals surface area (Å²) in [5, 5.41) is 6.60. The minimum Gasteiger partial charge on any atom is -0.496 e. The van der Waals surface area contributed by atoms with Crippen molar-refractivity contribution < 1.29 is 9.53 Å². The SMILES string of the molecule is CCNC1CCC(NC(=O)c2ccccc2OC)CC1. The molecule has 110 valence electrons. The average Bonchev–Trinajstić information content (AvgIpc) is 2.49. The Hall–Kier alpha value is -1.55. The number of para-hydroxylation sites is 1. The zero-order chi connectivity index (χ0) is 14.4. The lowest BCUT2D eigenvalue weighted by Gasteiger charge is -2.29. The number of benzene rings is 1. The van der Waals surface area contributed by atoms with Gasteiger partial charge >= 0.3 is 0 Å². The first-order valence-corrected chi connectivity index (χ1v) is 7.41. The first-order valence-electron chi connectivity index (χ1n) is 7.41. The molecule has 4 heteroatoms. The smallest absolute Gasteiger partial charge is 0.255 e. The van der Waals surface area contributed by atoms with Crippen LogP contribution in [0.4, 0.5) is 0 Å². The predicted octanol–water partition coefficient (Wildman–Crippen LogP) is 2.35. The number of ether oxygens (including phenoxy) is 1. The largest absolute Gasteiger partial charge is 0.496 e. The van der Waals surface area contributed by atoms with Gasteiger partial charge in [-0.05, 0) is 44.4 Å². The molecule has 20 heavy (non-hydrogen) atoms. The van der Waals surface area contributed by atoms with Gasteiger partial charge in [0.05, 0.1) is 12.7 Å². The molecule has 1 fully saturated rings. The molecule has 0 bridgehead atoms. The van der Waals surface area contributed by atoms with Crippen molar-refractivity contribution in [1.29, 1.82) is 0 Å². The van der Waals surface area contributed by atoms with Gasteiger partial charge in [0, 0.05) is 12.1 Å². The Morgan fingerprint density at radius 2 is 1.85 bits per heavy atom. The third-order valence-corrected chi connectivity index (χ3v) is 3.91. The van der Waals surface area contributed by atoms with Crippen molar-refractivity contribution in [2.75, 3.05) is 13.7 Å². The highest BCUT2D eigenvalue weighted by molar-refractivity contribution is 5.97. The summed E-state index contributed by atoms with van der Waals surface area (Å²) in [5.74, 6) is 0.598. The molecule has 2 rings (SSSR count). The Morgan fingerprint density at radius 1 is 1.20 bits per heavy atom. The summed E-state index contributed by atoms with van der Waals surface area (Å²) < 4.78 is 5.23. The van der Waals surface area contributed by atoms with E-state index in [4.69, 9.17) is 4.74 Å². The fraction of sp³-hybridized carbons (Fsp3) is 0.562. The Morgan fingerprint density at radius 3 is 2.50 bits per heavy atom. The lowest BCUT2D eigenvalue weighted by molar-refractivity contribution is 0.0921. The predicted molar refractivity (Wildman–Crippen MR) is 80.2 cm³/mol. The number of hydrogen-bond donors (Lipinski definition) is 2. The van der Waals surface area contributed by atoms with E-state index < -0.39 is 0 Å². The van der Waals surface area contributed by atoms with E-state index in [2.05, 4.69) is 17.6 Å². The maximum atomic E-state index is 12.3. The summed E-state index contributed by atoms with van der Waals surface area (Å²) in [4.78, 5) is 12.3. The van der Waals surface area contributed by atoms with Gasteiger partial charge in [0.2, 0.25) is 0 Å². The van der Waals surface area contributed by atoms with E-state index in [1.165, 1.54) is 0 Å². The molecule has 1 saturated carbocycles. The lowest BCUT2D eigenvalue weighted by atomic mass is 9.91. The molecule has 0 aliphatic heterocycles. The van der Waals surface area contributed by atoms with E-state index in [1.54, 1.807) is 13.2 Å². The minimum absolute atomic E-state index is 0.0330. The van der Waals surface area contributed by atoms with Crippen molar-refractivity contribution in [3.8, 4) is 5.75 Å². The molecular weight excluding hydrogens is 252 g/mol. The molecule has 1 aromatic rings. The van der Waals surface area contributed by atoms with Gasteiger partial charge in [0.15, 0.2) is 0 Å². The van der Waals surface area contributed by atoms with Crippen molar-refractivity contribution in [2.45, 2.75) is 44.7 Å². The molecule has 0 saturated heterocycles. The van der Waals surface area contributed by atoms with Crippen molar-refractivity contribution in [2.24, 2.45) is 0 Å². The van der Waals surface area contributed by atoms with Gasteiger partial charge in [-0.2, -0.15) is 0 Å². The van der Waals surface area contributed by atoms with E-state index in [-0.39, 0.29) is 11.9 Å². The van der Waals surface area contributed by atoms with Crippen molar-refractivity contribution in [3.05, 3.63) is 29.8 Å². The third-order valence-electron chi connectivity index (χ3n) is 3.91. The number of nitrogens with one attached hydrogen (secondary N) is 2. The number of hydrogen-bond acceptors (Lipinski definition) is 3. The van der Waals surface area contributed by atoms with Crippen LogP contribution in [-0.4, -0.2) is 31.6 Å². The van der Waals surface area contributed by atoms with Gasteiger partial charge in [0.25, 0.3) is 5.91 Å². The molecule has 0 spiro atoms. The molecule has 2 N–H and O–H groups in total. The topological polar surface area (TPSA) is 50.4 Å². The van der Waals surface area contributed by atoms with Gasteiger partial charge in [-0.15, -0.1) is 0 Å². The number of methoxy groups -OCH3 is 1. The quantitative estimate of drug-likeness (QED) is 0.868. The lowest BCUT2D eigenvalue weighted by Crippen LogP contribution is -2.42. The van der Waals surface area contributed by atoms with Crippen molar-refractivity contribution >= 4 is 5.91 Å². The number of rotatable bonds is 5. The number of amides is 1. The summed E-state index contributed by atoms with van der Waals surface area (Å²) in [6, 6.07) is 8.24. The van der Waals surface area contributed by atoms with Crippen LogP contribution in [0.2, 0.25) is 0 Å². The van der Waals surface area contributed by atoms with Crippen LogP contribution in [0.25, 0.3) is 0 Å². The summed E-state index contributed by atoms with van der Waals surface area (Å²) in [7, 11) is 1.59. The van der Waals surface area contributed by atoms with Crippen LogP contribution in [0.3, 0.4) is 0 Å². The van der Waals surface area contributed by atoms with Crippen molar-refractivity contribution in [3.63, 3.8) is 0 Å². The van der Waals surface area contributed by atoms with Crippen LogP contribution >= 0.6 is 0 Å². The Bertz CT molecular complexity index is 440. The van der Waals surface area contributed by atoms with E-state index >= 15 is 0 Å². The molecule has 4 nitrogen and oxygen atoms in total. The minimum atomic E-state index is -0.0330. The maximum absolute atomic E-state index is 12.3. The van der Waals surface area contributed by atoms with Gasteiger partial charge in [-0.25, -0.2) is 0 Å². The Kier molecular flexibility index (Phi) is 5.41. The summed E-state index contributed by atoms with van der Waals surface area (Å²) in [6.07, 6.45) is 4.34. The molecule has 0 aromatic heterocycles. The van der Waals surface area contributed by atoms with Gasteiger partial charge in [0.1, 0.15) is 5.75 Å². The highest BCUT2D eigenvalue weighted by atomic mass is 16.5. The van der Waals surface area contributed by atoms with E-state index in [1.807, 2.05) is 18.2 Å². The molecule has 1 aliphatic rings. The van der Waals surface area contributed by atoms with Crippen LogP contribution in [-0.2, 0) is 0 Å². The highest BCUT2D eigenvalue weighted by Gasteiger charge is 2.23. The fourth-order valence-corrected chi connectivity index (χ4v) is 2.83. The molecule has 1 amide bonds. The fourth-order valence-electron chi connectivity index (χ4n) is 2.83. The summed E-state index contributed by atoms with van der Waals surface area (Å²) in [5.41, 5.74) is 0.615. The first-order chi connectivity index (χ1) is 9.74. The standard InChI is InChI=1S/C16H24N2O2/c1-3-17-12-8-10-13(11-9-12)18-16(19)14-6-4-5-7-15(14)20-2/h4-7,12-13,17H,3,8-11H2,1-2H3,(H,18,19). The average molecular weight is 276 g/mol. The summed E-state index contributed by atoms with van der Waals surface area (Å²) in [6.45, 7) is 3.15. The second kappa shape index (κ2) is 7.29. The van der Waals surface area contributed by atoms with Crippen LogP contribution in [0.1, 0.15) is 43.0 Å². The molecule has 1 aromatic carbocycles. The zero-order valence-electron chi connectivity index (χ0n) is 12.3. The molecule has 0 radical (unpaired) electrons. The van der Waals surface area contributed by atoms with Crippen LogP contribution in [0, 0.1) is 0 Å². The number of carbonyl (C=O) groups is 1. The van der Waals surface area contributed by atoms with Crippen LogP contribution < -0.4 is 15.4 Å². The van der Waals surface area contributed by atoms with Gasteiger partial charge in [-0.3, -0.25) is 4.79 Å². The zero-order valence-corrected chi connectivity index (χ0v) is 12.3. The number of carbonyl (C=O) groups excluding carboxylic acids is 1. The highest BCUT2D eigenvalue weighted by Crippen LogP contribution is 2.21. The van der Waals surface area contributed by atoms with Gasteiger partial charge in [-0.1, -0.05) is 19.1 Å². The van der Waals surface area contributed by atoms with Gasteiger partial charge < -0.3 is 15.4 Å². The summed E-state index contributed by atoms with van der Waals surface area (Å²) >= 11 is 0. The second-order valence-corrected chi connectivity index (χ2v) is 5.28. The normalized spacial score (nSPS) is 22.3. The molecule has 1 aliphatic carbocycles. The van der Waals surface area contributed by atoms with Crippen LogP contribution in [0.15, 0.2) is 24.3 Å². The second-order valence-electron chi connectivity index (χ2n) is 5.28. The van der Waals surface area contributed by atoms with E-state index in [9.17, 15) is 4.79 Å². The third kappa shape index (κ3) is 3.73. The monoisotopic (exact) mass is 276 g/mol. The van der Waals surface area contributed by atoms with E-state index in [0.29, 0.717) is 17.4 Å². The maximum Gasteiger partial charge on any atom is 0.255 e. The Balaban J connectivity index is 1.89. The Labute approximate surface area is 120 Å². The van der Waals surface area contributed by atoms with E-state index in [0.717, 1.165) is 32.2 Å². The molecule has 0 unspecified atom stereocenters. The first kappa shape index (κ1) is 14.9. The molecule has 0 heterocycles.